The van der Waals surface area contributed by atoms with Crippen molar-refractivity contribution in [3.05, 3.63) is 42.0 Å². The molecule has 3 nitrogen and oxygen atoms in total. The van der Waals surface area contributed by atoms with Gasteiger partial charge in [0.05, 0.1) is 13.2 Å². The fourth-order valence-electron chi connectivity index (χ4n) is 2.90. The van der Waals surface area contributed by atoms with Crippen LogP contribution in [0.2, 0.25) is 0 Å². The number of ether oxygens (including phenoxy) is 1. The van der Waals surface area contributed by atoms with E-state index in [1.807, 2.05) is 0 Å². The van der Waals surface area contributed by atoms with Crippen LogP contribution in [0.25, 0.3) is 10.8 Å². The normalized spacial score (nSPS) is 11.3. The van der Waals surface area contributed by atoms with Gasteiger partial charge in [0.25, 0.3) is 0 Å². The van der Waals surface area contributed by atoms with E-state index in [1.165, 1.54) is 16.3 Å². The lowest BCUT2D eigenvalue weighted by atomic mass is 10.1. The summed E-state index contributed by atoms with van der Waals surface area (Å²) in [5.41, 5.74) is 1.19. The summed E-state index contributed by atoms with van der Waals surface area (Å²) in [5, 5.41) is 11.6. The van der Waals surface area contributed by atoms with E-state index in [0.717, 1.165) is 51.3 Å². The number of aryl methyl sites for hydroxylation is 1. The van der Waals surface area contributed by atoms with Crippen molar-refractivity contribution in [2.24, 2.45) is 0 Å². The molecule has 0 saturated carbocycles. The Kier molecular flexibility index (Phi) is 7.37. The third-order valence-corrected chi connectivity index (χ3v) is 4.13. The zero-order chi connectivity index (χ0) is 16.5. The number of benzene rings is 2. The SMILES string of the molecule is CCCN(CCO)CCCCOc1cc2ccccc2cc1C. The van der Waals surface area contributed by atoms with Crippen LogP contribution in [-0.4, -0.2) is 42.9 Å². The van der Waals surface area contributed by atoms with Gasteiger partial charge in [-0.2, -0.15) is 0 Å². The van der Waals surface area contributed by atoms with Crippen molar-refractivity contribution < 1.29 is 9.84 Å². The fraction of sp³-hybridized carbons (Fsp3) is 0.500. The van der Waals surface area contributed by atoms with Gasteiger partial charge in [0.15, 0.2) is 0 Å². The number of hydrogen-bond donors (Lipinski definition) is 1. The third kappa shape index (κ3) is 5.52. The van der Waals surface area contributed by atoms with Crippen molar-refractivity contribution in [2.75, 3.05) is 32.8 Å². The molecule has 0 aliphatic rings. The van der Waals surface area contributed by atoms with Crippen molar-refractivity contribution in [3.63, 3.8) is 0 Å². The van der Waals surface area contributed by atoms with Crippen LogP contribution in [0.3, 0.4) is 0 Å². The molecular weight excluding hydrogens is 286 g/mol. The summed E-state index contributed by atoms with van der Waals surface area (Å²) in [5.74, 6) is 0.990. The first-order chi connectivity index (χ1) is 11.2. The molecule has 0 atom stereocenters. The highest BCUT2D eigenvalue weighted by atomic mass is 16.5. The van der Waals surface area contributed by atoms with Crippen LogP contribution in [0.5, 0.6) is 5.75 Å². The number of rotatable bonds is 10. The largest absolute Gasteiger partial charge is 0.493 e. The maximum Gasteiger partial charge on any atom is 0.122 e. The fourth-order valence-corrected chi connectivity index (χ4v) is 2.90. The van der Waals surface area contributed by atoms with Crippen LogP contribution in [-0.2, 0) is 0 Å². The van der Waals surface area contributed by atoms with Crippen molar-refractivity contribution in [1.82, 2.24) is 4.90 Å². The van der Waals surface area contributed by atoms with E-state index >= 15 is 0 Å². The Morgan fingerprint density at radius 2 is 1.74 bits per heavy atom. The summed E-state index contributed by atoms with van der Waals surface area (Å²) >= 11 is 0. The van der Waals surface area contributed by atoms with E-state index < -0.39 is 0 Å². The van der Waals surface area contributed by atoms with Gasteiger partial charge in [0.2, 0.25) is 0 Å². The van der Waals surface area contributed by atoms with Gasteiger partial charge in [-0.25, -0.2) is 0 Å². The minimum atomic E-state index is 0.243. The van der Waals surface area contributed by atoms with Gasteiger partial charge in [-0.15, -0.1) is 0 Å². The maximum atomic E-state index is 9.07. The molecular formula is C20H29NO2. The molecule has 0 aromatic heterocycles. The monoisotopic (exact) mass is 315 g/mol. The summed E-state index contributed by atoms with van der Waals surface area (Å²) < 4.78 is 5.98. The molecule has 23 heavy (non-hydrogen) atoms. The molecule has 3 heteroatoms. The topological polar surface area (TPSA) is 32.7 Å². The first-order valence-corrected chi connectivity index (χ1v) is 8.70. The molecule has 2 aromatic rings. The molecule has 0 fully saturated rings. The summed E-state index contributed by atoms with van der Waals surface area (Å²) in [6, 6.07) is 12.7. The van der Waals surface area contributed by atoms with Gasteiger partial charge in [-0.05, 0) is 67.7 Å². The second-order valence-electron chi connectivity index (χ2n) is 6.09. The van der Waals surface area contributed by atoms with Crippen molar-refractivity contribution in [1.29, 1.82) is 0 Å². The molecule has 0 amide bonds. The van der Waals surface area contributed by atoms with Crippen LogP contribution in [0.1, 0.15) is 31.7 Å². The zero-order valence-corrected chi connectivity index (χ0v) is 14.4. The predicted molar refractivity (Wildman–Crippen MR) is 97.2 cm³/mol. The van der Waals surface area contributed by atoms with E-state index in [2.05, 4.69) is 55.1 Å². The lowest BCUT2D eigenvalue weighted by Gasteiger charge is -2.20. The maximum absolute atomic E-state index is 9.07. The Bertz CT molecular complexity index is 591. The Hall–Kier alpha value is -1.58. The van der Waals surface area contributed by atoms with Crippen LogP contribution >= 0.6 is 0 Å². The number of aliphatic hydroxyl groups excluding tert-OH is 1. The number of fused-ring (bicyclic) bond motifs is 1. The van der Waals surface area contributed by atoms with E-state index in [-0.39, 0.29) is 6.61 Å². The van der Waals surface area contributed by atoms with Gasteiger partial charge < -0.3 is 14.7 Å². The zero-order valence-electron chi connectivity index (χ0n) is 14.4. The molecule has 0 saturated heterocycles. The molecule has 0 aliphatic carbocycles. The molecule has 126 valence electrons. The van der Waals surface area contributed by atoms with Gasteiger partial charge in [0, 0.05) is 6.54 Å². The van der Waals surface area contributed by atoms with E-state index in [9.17, 15) is 0 Å². The third-order valence-electron chi connectivity index (χ3n) is 4.13. The van der Waals surface area contributed by atoms with E-state index in [0.29, 0.717) is 0 Å². The van der Waals surface area contributed by atoms with E-state index in [1.54, 1.807) is 0 Å². The highest BCUT2D eigenvalue weighted by Crippen LogP contribution is 2.25. The van der Waals surface area contributed by atoms with Gasteiger partial charge in [-0.1, -0.05) is 31.2 Å². The second-order valence-corrected chi connectivity index (χ2v) is 6.09. The number of nitrogens with zero attached hydrogens (tertiary/aromatic N) is 1. The molecule has 0 radical (unpaired) electrons. The van der Waals surface area contributed by atoms with Crippen LogP contribution in [0.15, 0.2) is 36.4 Å². The van der Waals surface area contributed by atoms with Crippen molar-refractivity contribution in [3.8, 4) is 5.75 Å². The highest BCUT2D eigenvalue weighted by Gasteiger charge is 2.04. The lowest BCUT2D eigenvalue weighted by Crippen LogP contribution is -2.29. The average Bonchev–Trinajstić information content (AvgIpc) is 2.55. The highest BCUT2D eigenvalue weighted by molar-refractivity contribution is 5.84. The molecule has 0 heterocycles. The molecule has 2 aromatic carbocycles. The minimum Gasteiger partial charge on any atom is -0.493 e. The van der Waals surface area contributed by atoms with Crippen LogP contribution in [0.4, 0.5) is 0 Å². The van der Waals surface area contributed by atoms with Crippen LogP contribution in [0, 0.1) is 6.92 Å². The summed E-state index contributed by atoms with van der Waals surface area (Å²) in [7, 11) is 0. The second kappa shape index (κ2) is 9.53. The molecule has 2 rings (SSSR count). The quantitative estimate of drug-likeness (QED) is 0.672. The van der Waals surface area contributed by atoms with Gasteiger partial charge in [-0.3, -0.25) is 0 Å². The van der Waals surface area contributed by atoms with Gasteiger partial charge >= 0.3 is 0 Å². The Morgan fingerprint density at radius 1 is 1.00 bits per heavy atom. The summed E-state index contributed by atoms with van der Waals surface area (Å²) in [6.45, 7) is 8.14. The van der Waals surface area contributed by atoms with Crippen LogP contribution < -0.4 is 4.74 Å². The minimum absolute atomic E-state index is 0.243. The number of unbranched alkanes of at least 4 members (excludes halogenated alkanes) is 1. The standard InChI is InChI=1S/C20H29NO2/c1-3-10-21(12-13-22)11-6-7-14-23-20-16-19-9-5-4-8-18(19)15-17(20)2/h4-5,8-9,15-16,22H,3,6-7,10-14H2,1-2H3. The Morgan fingerprint density at radius 3 is 2.43 bits per heavy atom. The first-order valence-electron chi connectivity index (χ1n) is 8.70. The van der Waals surface area contributed by atoms with Crippen molar-refractivity contribution in [2.45, 2.75) is 33.1 Å². The molecule has 0 aliphatic heterocycles. The lowest BCUT2D eigenvalue weighted by molar-refractivity contribution is 0.189. The summed E-state index contributed by atoms with van der Waals surface area (Å²) in [4.78, 5) is 2.32. The predicted octanol–water partition coefficient (Wildman–Crippen LogP) is 4.01. The Labute approximate surface area is 139 Å². The smallest absolute Gasteiger partial charge is 0.122 e. The summed E-state index contributed by atoms with van der Waals surface area (Å²) in [6.07, 6.45) is 3.28. The van der Waals surface area contributed by atoms with Crippen molar-refractivity contribution >= 4 is 10.8 Å². The van der Waals surface area contributed by atoms with E-state index in [4.69, 9.17) is 9.84 Å². The number of aliphatic hydroxyl groups is 1. The average molecular weight is 315 g/mol. The number of hydrogen-bond acceptors (Lipinski definition) is 3. The van der Waals surface area contributed by atoms with Gasteiger partial charge in [0.1, 0.15) is 5.75 Å². The molecule has 0 spiro atoms. The Balaban J connectivity index is 1.79. The molecule has 1 N–H and O–H groups in total. The molecule has 0 bridgehead atoms. The first kappa shape index (κ1) is 17.8. The molecule has 0 unspecified atom stereocenters.